The summed E-state index contributed by atoms with van der Waals surface area (Å²) in [4.78, 5) is 18.7. The molecular weight excluding hydrogens is 260 g/mol. The number of ether oxygens (including phenoxy) is 1. The molecule has 19 heavy (non-hydrogen) atoms. The van der Waals surface area contributed by atoms with Gasteiger partial charge in [-0.3, -0.25) is 4.79 Å². The molecule has 1 amide bonds. The molecule has 5 heteroatoms. The maximum absolute atomic E-state index is 12.3. The first kappa shape index (κ1) is 13.1. The van der Waals surface area contributed by atoms with Crippen molar-refractivity contribution >= 4 is 17.2 Å². The molecule has 1 aromatic heterocycles. The first-order valence-corrected chi connectivity index (χ1v) is 7.81. The van der Waals surface area contributed by atoms with Crippen molar-refractivity contribution in [3.05, 3.63) is 16.1 Å². The predicted octanol–water partition coefficient (Wildman–Crippen LogP) is 2.02. The van der Waals surface area contributed by atoms with E-state index in [1.54, 1.807) is 11.3 Å². The van der Waals surface area contributed by atoms with Crippen molar-refractivity contribution < 1.29 is 9.53 Å². The zero-order chi connectivity index (χ0) is 13.3. The van der Waals surface area contributed by atoms with Gasteiger partial charge in [-0.25, -0.2) is 4.98 Å². The van der Waals surface area contributed by atoms with Crippen LogP contribution in [0.5, 0.6) is 0 Å². The Morgan fingerprint density at radius 1 is 1.47 bits per heavy atom. The summed E-state index contributed by atoms with van der Waals surface area (Å²) in [7, 11) is 0. The standard InChI is InChI=1S/C14H20N2O2S/c1-11-15-12(9-19-11)8-13(17)16-5-2-14(10-16)3-6-18-7-4-14/h9H,2-8,10H2,1H3. The van der Waals surface area contributed by atoms with Crippen LogP contribution in [0.3, 0.4) is 0 Å². The van der Waals surface area contributed by atoms with Crippen molar-refractivity contribution in [2.45, 2.75) is 32.6 Å². The molecule has 1 spiro atoms. The molecule has 3 rings (SSSR count). The zero-order valence-corrected chi connectivity index (χ0v) is 12.2. The third kappa shape index (κ3) is 2.82. The van der Waals surface area contributed by atoms with Crippen LogP contribution in [0, 0.1) is 12.3 Å². The van der Waals surface area contributed by atoms with Crippen LogP contribution in [-0.4, -0.2) is 42.1 Å². The van der Waals surface area contributed by atoms with Crippen molar-refractivity contribution in [1.82, 2.24) is 9.88 Å². The average molecular weight is 280 g/mol. The molecular formula is C14H20N2O2S. The lowest BCUT2D eigenvalue weighted by Crippen LogP contribution is -2.36. The Morgan fingerprint density at radius 3 is 2.95 bits per heavy atom. The van der Waals surface area contributed by atoms with Gasteiger partial charge < -0.3 is 9.64 Å². The van der Waals surface area contributed by atoms with Gasteiger partial charge in [-0.05, 0) is 31.6 Å². The molecule has 1 aromatic rings. The molecule has 3 heterocycles. The molecule has 0 aliphatic carbocycles. The van der Waals surface area contributed by atoms with Crippen LogP contribution >= 0.6 is 11.3 Å². The highest BCUT2D eigenvalue weighted by Crippen LogP contribution is 2.39. The first-order chi connectivity index (χ1) is 9.17. The predicted molar refractivity (Wildman–Crippen MR) is 74.2 cm³/mol. The van der Waals surface area contributed by atoms with Gasteiger partial charge in [0.05, 0.1) is 17.1 Å². The van der Waals surface area contributed by atoms with E-state index in [0.29, 0.717) is 11.8 Å². The molecule has 2 fully saturated rings. The molecule has 2 aliphatic rings. The lowest BCUT2D eigenvalue weighted by Gasteiger charge is -2.33. The topological polar surface area (TPSA) is 42.4 Å². The number of aromatic nitrogens is 1. The fraction of sp³-hybridized carbons (Fsp3) is 0.714. The number of rotatable bonds is 2. The van der Waals surface area contributed by atoms with Crippen molar-refractivity contribution in [1.29, 1.82) is 0 Å². The monoisotopic (exact) mass is 280 g/mol. The van der Waals surface area contributed by atoms with E-state index in [1.807, 2.05) is 17.2 Å². The number of aryl methyl sites for hydroxylation is 1. The number of amides is 1. The number of hydrogen-bond donors (Lipinski definition) is 0. The SMILES string of the molecule is Cc1nc(CC(=O)N2CCC3(CCOCC3)C2)cs1. The molecule has 0 radical (unpaired) electrons. The number of carbonyl (C=O) groups is 1. The van der Waals surface area contributed by atoms with E-state index in [9.17, 15) is 4.79 Å². The maximum atomic E-state index is 12.3. The third-order valence-electron chi connectivity index (χ3n) is 4.34. The average Bonchev–Trinajstić information content (AvgIpc) is 2.98. The second-order valence-corrected chi connectivity index (χ2v) is 6.77. The van der Waals surface area contributed by atoms with Crippen molar-refractivity contribution in [2.75, 3.05) is 26.3 Å². The number of carbonyl (C=O) groups excluding carboxylic acids is 1. The Morgan fingerprint density at radius 2 is 2.26 bits per heavy atom. The summed E-state index contributed by atoms with van der Waals surface area (Å²) in [5.74, 6) is 0.230. The Labute approximate surface area is 117 Å². The summed E-state index contributed by atoms with van der Waals surface area (Å²) in [6.07, 6.45) is 3.80. The molecule has 104 valence electrons. The summed E-state index contributed by atoms with van der Waals surface area (Å²) in [5.41, 5.74) is 1.26. The normalized spacial score (nSPS) is 22.1. The summed E-state index contributed by atoms with van der Waals surface area (Å²) in [6, 6.07) is 0. The van der Waals surface area contributed by atoms with Crippen LogP contribution < -0.4 is 0 Å². The van der Waals surface area contributed by atoms with Gasteiger partial charge in [0.1, 0.15) is 0 Å². The molecule has 0 aromatic carbocycles. The summed E-state index contributed by atoms with van der Waals surface area (Å²) in [5, 5.41) is 3.03. The Balaban J connectivity index is 1.59. The van der Waals surface area contributed by atoms with Gasteiger partial charge in [0.25, 0.3) is 0 Å². The highest BCUT2D eigenvalue weighted by atomic mass is 32.1. The number of nitrogens with zero attached hydrogens (tertiary/aromatic N) is 2. The number of hydrogen-bond acceptors (Lipinski definition) is 4. The smallest absolute Gasteiger partial charge is 0.228 e. The molecule has 2 aliphatic heterocycles. The summed E-state index contributed by atoms with van der Waals surface area (Å²) < 4.78 is 5.44. The molecule has 4 nitrogen and oxygen atoms in total. The molecule has 0 saturated carbocycles. The van der Waals surface area contributed by atoms with E-state index in [1.165, 1.54) is 0 Å². The van der Waals surface area contributed by atoms with Crippen molar-refractivity contribution in [3.8, 4) is 0 Å². The van der Waals surface area contributed by atoms with Crippen LogP contribution in [-0.2, 0) is 16.0 Å². The highest BCUT2D eigenvalue weighted by Gasteiger charge is 2.40. The second-order valence-electron chi connectivity index (χ2n) is 5.71. The van der Waals surface area contributed by atoms with Crippen LogP contribution in [0.25, 0.3) is 0 Å². The van der Waals surface area contributed by atoms with Gasteiger partial charge >= 0.3 is 0 Å². The van der Waals surface area contributed by atoms with E-state index in [-0.39, 0.29) is 5.91 Å². The number of likely N-dealkylation sites (tertiary alicyclic amines) is 1. The van der Waals surface area contributed by atoms with Crippen molar-refractivity contribution in [3.63, 3.8) is 0 Å². The molecule has 0 bridgehead atoms. The number of thiazole rings is 1. The highest BCUT2D eigenvalue weighted by molar-refractivity contribution is 7.09. The summed E-state index contributed by atoms with van der Waals surface area (Å²) >= 11 is 1.61. The van der Waals surface area contributed by atoms with Gasteiger partial charge in [0.15, 0.2) is 0 Å². The largest absolute Gasteiger partial charge is 0.381 e. The van der Waals surface area contributed by atoms with Gasteiger partial charge in [0.2, 0.25) is 5.91 Å². The van der Waals surface area contributed by atoms with E-state index >= 15 is 0 Å². The third-order valence-corrected chi connectivity index (χ3v) is 5.17. The van der Waals surface area contributed by atoms with Crippen LogP contribution in [0.15, 0.2) is 5.38 Å². The zero-order valence-electron chi connectivity index (χ0n) is 11.4. The lowest BCUT2D eigenvalue weighted by molar-refractivity contribution is -0.130. The fourth-order valence-corrected chi connectivity index (χ4v) is 3.73. The van der Waals surface area contributed by atoms with E-state index in [0.717, 1.165) is 56.3 Å². The maximum Gasteiger partial charge on any atom is 0.228 e. The molecule has 0 atom stereocenters. The van der Waals surface area contributed by atoms with Crippen LogP contribution in [0.1, 0.15) is 30.0 Å². The molecule has 2 saturated heterocycles. The van der Waals surface area contributed by atoms with E-state index in [4.69, 9.17) is 4.74 Å². The second kappa shape index (κ2) is 5.21. The Kier molecular flexibility index (Phi) is 3.58. The van der Waals surface area contributed by atoms with Gasteiger partial charge in [-0.15, -0.1) is 11.3 Å². The van der Waals surface area contributed by atoms with Gasteiger partial charge in [-0.1, -0.05) is 0 Å². The van der Waals surface area contributed by atoms with E-state index < -0.39 is 0 Å². The van der Waals surface area contributed by atoms with Crippen LogP contribution in [0.4, 0.5) is 0 Å². The first-order valence-electron chi connectivity index (χ1n) is 6.93. The fourth-order valence-electron chi connectivity index (χ4n) is 3.12. The Hall–Kier alpha value is -0.940. The van der Waals surface area contributed by atoms with Crippen molar-refractivity contribution in [2.24, 2.45) is 5.41 Å². The molecule has 0 N–H and O–H groups in total. The Bertz CT molecular complexity index is 466. The van der Waals surface area contributed by atoms with Gasteiger partial charge in [0, 0.05) is 31.7 Å². The minimum atomic E-state index is 0.230. The van der Waals surface area contributed by atoms with Gasteiger partial charge in [-0.2, -0.15) is 0 Å². The minimum Gasteiger partial charge on any atom is -0.381 e. The molecule has 0 unspecified atom stereocenters. The minimum absolute atomic E-state index is 0.230. The lowest BCUT2D eigenvalue weighted by atomic mass is 9.80. The van der Waals surface area contributed by atoms with E-state index in [2.05, 4.69) is 4.98 Å². The quantitative estimate of drug-likeness (QED) is 0.832. The summed E-state index contributed by atoms with van der Waals surface area (Å²) in [6.45, 7) is 5.51. The van der Waals surface area contributed by atoms with Crippen LogP contribution in [0.2, 0.25) is 0 Å².